The van der Waals surface area contributed by atoms with Gasteiger partial charge in [0.2, 0.25) is 0 Å². The number of nitrogen functional groups attached to an aromatic ring is 1. The Labute approximate surface area is 109 Å². The Balaban J connectivity index is 2.17. The van der Waals surface area contributed by atoms with Crippen LogP contribution in [0.15, 0.2) is 0 Å². The Morgan fingerprint density at radius 1 is 1.32 bits per heavy atom. The van der Waals surface area contributed by atoms with Crippen LogP contribution in [0.5, 0.6) is 0 Å². The van der Waals surface area contributed by atoms with Gasteiger partial charge in [0.15, 0.2) is 0 Å². The number of hydrogen-bond acceptors (Lipinski definition) is 4. The minimum absolute atomic E-state index is 0.134. The van der Waals surface area contributed by atoms with Crippen LogP contribution in [0.2, 0.25) is 0 Å². The van der Waals surface area contributed by atoms with Gasteiger partial charge >= 0.3 is 6.18 Å². The molecule has 7 heteroatoms. The van der Waals surface area contributed by atoms with Crippen LogP contribution in [0, 0.1) is 6.92 Å². The summed E-state index contributed by atoms with van der Waals surface area (Å²) in [5, 5.41) is 0. The van der Waals surface area contributed by atoms with Crippen molar-refractivity contribution in [3.63, 3.8) is 0 Å². The minimum Gasteiger partial charge on any atom is -0.383 e. The molecule has 1 aromatic rings. The molecule has 1 saturated carbocycles. The van der Waals surface area contributed by atoms with Crippen LogP contribution in [0.25, 0.3) is 0 Å². The normalized spacial score (nSPS) is 15.6. The minimum atomic E-state index is -4.17. The van der Waals surface area contributed by atoms with E-state index in [1.54, 1.807) is 14.0 Å². The first kappa shape index (κ1) is 13.9. The monoisotopic (exact) mass is 274 g/mol. The predicted octanol–water partition coefficient (Wildman–Crippen LogP) is 2.63. The van der Waals surface area contributed by atoms with Crippen LogP contribution in [0.4, 0.5) is 24.8 Å². The topological polar surface area (TPSA) is 55.0 Å². The molecule has 0 atom stereocenters. The lowest BCUT2D eigenvalue weighted by Gasteiger charge is -2.22. The molecule has 1 fully saturated rings. The van der Waals surface area contributed by atoms with Gasteiger partial charge in [-0.2, -0.15) is 13.2 Å². The van der Waals surface area contributed by atoms with Crippen molar-refractivity contribution < 1.29 is 13.2 Å². The fraction of sp³-hybridized carbons (Fsp3) is 0.667. The van der Waals surface area contributed by atoms with Gasteiger partial charge < -0.3 is 10.6 Å². The Morgan fingerprint density at radius 2 is 1.95 bits per heavy atom. The molecule has 0 spiro atoms. The summed E-state index contributed by atoms with van der Waals surface area (Å²) in [5.74, 6) is 1.82. The molecule has 0 unspecified atom stereocenters. The molecule has 0 amide bonds. The molecule has 0 radical (unpaired) electrons. The fourth-order valence-corrected chi connectivity index (χ4v) is 1.84. The predicted molar refractivity (Wildman–Crippen MR) is 67.1 cm³/mol. The van der Waals surface area contributed by atoms with Crippen LogP contribution >= 0.6 is 0 Å². The van der Waals surface area contributed by atoms with Crippen LogP contribution in [0.3, 0.4) is 0 Å². The lowest BCUT2D eigenvalue weighted by atomic mass is 10.2. The summed E-state index contributed by atoms with van der Waals surface area (Å²) in [6, 6.07) is 0. The molecule has 1 aliphatic rings. The van der Waals surface area contributed by atoms with Crippen molar-refractivity contribution in [3.05, 3.63) is 11.4 Å². The van der Waals surface area contributed by atoms with E-state index in [2.05, 4.69) is 9.97 Å². The highest BCUT2D eigenvalue weighted by Gasteiger charge is 2.30. The van der Waals surface area contributed by atoms with Crippen molar-refractivity contribution in [2.24, 2.45) is 0 Å². The molecular weight excluding hydrogens is 257 g/mol. The van der Waals surface area contributed by atoms with Gasteiger partial charge in [0.25, 0.3) is 0 Å². The first-order valence-corrected chi connectivity index (χ1v) is 6.20. The maximum absolute atomic E-state index is 12.2. The van der Waals surface area contributed by atoms with Crippen molar-refractivity contribution in [2.75, 3.05) is 24.2 Å². The van der Waals surface area contributed by atoms with Crippen molar-refractivity contribution >= 4 is 11.6 Å². The highest BCUT2D eigenvalue weighted by Crippen LogP contribution is 2.39. The second kappa shape index (κ2) is 4.86. The third kappa shape index (κ3) is 3.48. The zero-order chi connectivity index (χ0) is 14.2. The van der Waals surface area contributed by atoms with E-state index in [4.69, 9.17) is 5.73 Å². The first-order valence-electron chi connectivity index (χ1n) is 6.20. The standard InChI is InChI=1S/C12H17F3N4/c1-7-9(16)17-10(8-3-4-8)18-11(7)19(2)6-5-12(13,14)15/h8H,3-6H2,1-2H3,(H2,16,17,18). The van der Waals surface area contributed by atoms with Crippen molar-refractivity contribution in [1.82, 2.24) is 9.97 Å². The Hall–Kier alpha value is -1.53. The highest BCUT2D eigenvalue weighted by molar-refractivity contribution is 5.56. The maximum atomic E-state index is 12.2. The van der Waals surface area contributed by atoms with Crippen LogP contribution < -0.4 is 10.6 Å². The molecule has 1 aliphatic carbocycles. The van der Waals surface area contributed by atoms with Crippen molar-refractivity contribution in [1.29, 1.82) is 0 Å². The average molecular weight is 274 g/mol. The van der Waals surface area contributed by atoms with Gasteiger partial charge in [0.1, 0.15) is 17.5 Å². The molecule has 19 heavy (non-hydrogen) atoms. The lowest BCUT2D eigenvalue weighted by molar-refractivity contribution is -0.132. The Bertz CT molecular complexity index is 469. The van der Waals surface area contributed by atoms with Gasteiger partial charge in [0.05, 0.1) is 6.42 Å². The number of anilines is 2. The molecule has 4 nitrogen and oxygen atoms in total. The molecule has 1 heterocycles. The fourth-order valence-electron chi connectivity index (χ4n) is 1.84. The molecule has 0 saturated heterocycles. The number of rotatable bonds is 4. The van der Waals surface area contributed by atoms with Gasteiger partial charge in [-0.15, -0.1) is 0 Å². The number of alkyl halides is 3. The molecule has 106 valence electrons. The van der Waals surface area contributed by atoms with Crippen LogP contribution in [-0.2, 0) is 0 Å². The number of aromatic nitrogens is 2. The summed E-state index contributed by atoms with van der Waals surface area (Å²) in [5.41, 5.74) is 6.44. The van der Waals surface area contributed by atoms with Gasteiger partial charge in [-0.25, -0.2) is 9.97 Å². The molecule has 0 aromatic carbocycles. The number of halogens is 3. The van der Waals surface area contributed by atoms with Crippen molar-refractivity contribution in [2.45, 2.75) is 38.3 Å². The Morgan fingerprint density at radius 3 is 2.47 bits per heavy atom. The molecule has 0 bridgehead atoms. The molecular formula is C12H17F3N4. The quantitative estimate of drug-likeness (QED) is 0.917. The third-order valence-corrected chi connectivity index (χ3v) is 3.21. The summed E-state index contributed by atoms with van der Waals surface area (Å²) >= 11 is 0. The summed E-state index contributed by atoms with van der Waals surface area (Å²) in [6.45, 7) is 1.59. The van der Waals surface area contributed by atoms with E-state index in [0.717, 1.165) is 12.8 Å². The van der Waals surface area contributed by atoms with Crippen molar-refractivity contribution in [3.8, 4) is 0 Å². The molecule has 2 rings (SSSR count). The zero-order valence-corrected chi connectivity index (χ0v) is 11.0. The number of hydrogen-bond donors (Lipinski definition) is 1. The van der Waals surface area contributed by atoms with E-state index in [9.17, 15) is 13.2 Å². The zero-order valence-electron chi connectivity index (χ0n) is 11.0. The highest BCUT2D eigenvalue weighted by atomic mass is 19.4. The largest absolute Gasteiger partial charge is 0.390 e. The van der Waals surface area contributed by atoms with Crippen LogP contribution in [0.1, 0.15) is 36.6 Å². The third-order valence-electron chi connectivity index (χ3n) is 3.21. The second-order valence-electron chi connectivity index (χ2n) is 4.98. The molecule has 0 aliphatic heterocycles. The van der Waals surface area contributed by atoms with E-state index in [0.29, 0.717) is 28.9 Å². The van der Waals surface area contributed by atoms with E-state index in [1.165, 1.54) is 4.90 Å². The molecule has 1 aromatic heterocycles. The van der Waals surface area contributed by atoms with E-state index < -0.39 is 12.6 Å². The van der Waals surface area contributed by atoms with Gasteiger partial charge in [-0.1, -0.05) is 0 Å². The maximum Gasteiger partial charge on any atom is 0.390 e. The SMILES string of the molecule is Cc1c(N)nc(C2CC2)nc1N(C)CCC(F)(F)F. The van der Waals surface area contributed by atoms with E-state index in [-0.39, 0.29) is 6.54 Å². The summed E-state index contributed by atoms with van der Waals surface area (Å²) in [4.78, 5) is 10.1. The summed E-state index contributed by atoms with van der Waals surface area (Å²) in [7, 11) is 1.59. The smallest absolute Gasteiger partial charge is 0.383 e. The number of nitrogens with two attached hydrogens (primary N) is 1. The van der Waals surface area contributed by atoms with E-state index >= 15 is 0 Å². The summed E-state index contributed by atoms with van der Waals surface area (Å²) in [6.07, 6.45) is -2.99. The molecule has 2 N–H and O–H groups in total. The second-order valence-corrected chi connectivity index (χ2v) is 4.98. The lowest BCUT2D eigenvalue weighted by Crippen LogP contribution is -2.26. The Kier molecular flexibility index (Phi) is 3.56. The van der Waals surface area contributed by atoms with E-state index in [1.807, 2.05) is 0 Å². The first-order chi connectivity index (χ1) is 8.78. The van der Waals surface area contributed by atoms with Gasteiger partial charge in [-0.05, 0) is 19.8 Å². The van der Waals surface area contributed by atoms with Crippen LogP contribution in [-0.4, -0.2) is 29.7 Å². The van der Waals surface area contributed by atoms with Gasteiger partial charge in [-0.3, -0.25) is 0 Å². The average Bonchev–Trinajstić information content (AvgIpc) is 3.12. The van der Waals surface area contributed by atoms with Gasteiger partial charge in [0, 0.05) is 25.1 Å². The number of nitrogens with zero attached hydrogens (tertiary/aromatic N) is 3. The summed E-state index contributed by atoms with van der Waals surface area (Å²) < 4.78 is 36.7.